The zero-order chi connectivity index (χ0) is 28.1. The van der Waals surface area contributed by atoms with Crippen molar-refractivity contribution in [1.82, 2.24) is 4.90 Å². The molecule has 0 aliphatic heterocycles. The van der Waals surface area contributed by atoms with Gasteiger partial charge in [0.25, 0.3) is 8.32 Å². The second-order valence-electron chi connectivity index (χ2n) is 9.55. The minimum Gasteiger partial charge on any atom is -0.461 e. The molecule has 0 fully saturated rings. The molecule has 0 saturated heterocycles. The lowest BCUT2D eigenvalue weighted by atomic mass is 9.99. The maximum Gasteiger partial charge on any atom is 0.369 e. The summed E-state index contributed by atoms with van der Waals surface area (Å²) < 4.78 is 11.3. The van der Waals surface area contributed by atoms with Gasteiger partial charge in [-0.15, -0.1) is 13.2 Å². The van der Waals surface area contributed by atoms with Gasteiger partial charge in [-0.3, -0.25) is 4.90 Å². The fourth-order valence-electron chi connectivity index (χ4n) is 4.44. The fourth-order valence-corrected chi connectivity index (χ4v) is 9.32. The van der Waals surface area contributed by atoms with Crippen LogP contribution in [-0.4, -0.2) is 96.0 Å². The molecule has 4 N–H and O–H groups in total. The Labute approximate surface area is 217 Å². The quantitative estimate of drug-likeness (QED) is 0.0601. The van der Waals surface area contributed by atoms with Gasteiger partial charge in [0.05, 0.1) is 13.2 Å². The molecule has 0 aromatic heterocycles. The molecule has 206 valence electrons. The Bertz CT molecular complexity index is 757. The number of hydrogen-bond donors (Lipinski definition) is 4. The third-order valence-corrected chi connectivity index (χ3v) is 12.0. The van der Waals surface area contributed by atoms with Crippen LogP contribution >= 0.6 is 0 Å². The van der Waals surface area contributed by atoms with Crippen LogP contribution in [-0.2, 0) is 14.1 Å². The Balaban J connectivity index is 6.67. The van der Waals surface area contributed by atoms with Crippen molar-refractivity contribution < 1.29 is 34.5 Å². The van der Waals surface area contributed by atoms with Crippen molar-refractivity contribution in [2.24, 2.45) is 5.16 Å². The lowest BCUT2D eigenvalue weighted by Crippen LogP contribution is -2.52. The topological polar surface area (TPSA) is 132 Å². The van der Waals surface area contributed by atoms with E-state index in [9.17, 15) is 25.2 Å². The number of rotatable bonds is 16. The highest BCUT2D eigenvalue weighted by Crippen LogP contribution is 2.42. The fraction of sp³-hybridized carbons (Fsp3) is 0.692. The predicted octanol–water partition coefficient (Wildman–Crippen LogP) is 2.22. The van der Waals surface area contributed by atoms with Crippen LogP contribution in [0.3, 0.4) is 0 Å². The molecule has 0 heterocycles. The molecule has 4 atom stereocenters. The van der Waals surface area contributed by atoms with E-state index in [-0.39, 0.29) is 42.0 Å². The molecule has 0 radical (unpaired) electrons. The summed E-state index contributed by atoms with van der Waals surface area (Å²) in [5, 5.41) is 44.5. The third-order valence-electron chi connectivity index (χ3n) is 6.18. The summed E-state index contributed by atoms with van der Waals surface area (Å²) in [6, 6.07) is -1.07. The van der Waals surface area contributed by atoms with E-state index in [1.807, 2.05) is 0 Å². The summed E-state index contributed by atoms with van der Waals surface area (Å²) in [5.74, 6) is 4.70. The van der Waals surface area contributed by atoms with E-state index in [1.54, 1.807) is 24.0 Å². The van der Waals surface area contributed by atoms with Crippen LogP contribution < -0.4 is 0 Å². The van der Waals surface area contributed by atoms with Crippen LogP contribution in [0, 0.1) is 11.8 Å². The minimum absolute atomic E-state index is 0.104. The normalized spacial score (nSPS) is 15.8. The number of ether oxygens (including phenoxy) is 1. The van der Waals surface area contributed by atoms with Gasteiger partial charge < -0.3 is 29.7 Å². The second-order valence-corrected chi connectivity index (χ2v) is 14.9. The highest BCUT2D eigenvalue weighted by Gasteiger charge is 2.48. The number of oxime groups is 1. The molecule has 36 heavy (non-hydrogen) atoms. The number of carbonyl (C=O) groups excluding carboxylic acids is 1. The van der Waals surface area contributed by atoms with Gasteiger partial charge in [0.1, 0.15) is 24.4 Å². The number of aliphatic hydroxyl groups is 4. The lowest BCUT2D eigenvalue weighted by Gasteiger charge is -2.39. The summed E-state index contributed by atoms with van der Waals surface area (Å²) in [4.78, 5) is 14.4. The van der Waals surface area contributed by atoms with Gasteiger partial charge >= 0.3 is 5.97 Å². The molecule has 10 heteroatoms. The van der Waals surface area contributed by atoms with Crippen LogP contribution in [0.1, 0.15) is 48.5 Å². The lowest BCUT2D eigenvalue weighted by molar-refractivity contribution is -0.135. The van der Waals surface area contributed by atoms with Crippen molar-refractivity contribution in [3.05, 3.63) is 25.3 Å². The Hall–Kier alpha value is -2.00. The molecular weight excluding hydrogens is 480 g/mol. The van der Waals surface area contributed by atoms with E-state index >= 15 is 0 Å². The van der Waals surface area contributed by atoms with E-state index in [0.29, 0.717) is 0 Å². The summed E-state index contributed by atoms with van der Waals surface area (Å²) >= 11 is 0. The second kappa shape index (κ2) is 16.7. The van der Waals surface area contributed by atoms with Crippen molar-refractivity contribution in [3.8, 4) is 11.8 Å². The van der Waals surface area contributed by atoms with Gasteiger partial charge in [0.2, 0.25) is 5.71 Å². The van der Waals surface area contributed by atoms with E-state index in [4.69, 9.17) is 9.26 Å². The monoisotopic (exact) mass is 526 g/mol. The van der Waals surface area contributed by atoms with Gasteiger partial charge in [-0.05, 0) is 29.5 Å². The van der Waals surface area contributed by atoms with Crippen molar-refractivity contribution in [1.29, 1.82) is 0 Å². The maximum absolute atomic E-state index is 12.7. The maximum atomic E-state index is 12.7. The van der Waals surface area contributed by atoms with Gasteiger partial charge in [-0.25, -0.2) is 4.79 Å². The minimum atomic E-state index is -2.47. The van der Waals surface area contributed by atoms with E-state index in [2.05, 4.69) is 71.7 Å². The Morgan fingerprint density at radius 1 is 1.00 bits per heavy atom. The largest absolute Gasteiger partial charge is 0.461 e. The average molecular weight is 527 g/mol. The van der Waals surface area contributed by atoms with Crippen LogP contribution in [0.4, 0.5) is 0 Å². The highest BCUT2D eigenvalue weighted by atomic mass is 28.4. The van der Waals surface area contributed by atoms with Crippen molar-refractivity contribution in [2.75, 3.05) is 26.3 Å². The first-order valence-electron chi connectivity index (χ1n) is 12.4. The zero-order valence-corrected chi connectivity index (χ0v) is 23.8. The van der Waals surface area contributed by atoms with Crippen LogP contribution in [0.15, 0.2) is 30.5 Å². The third kappa shape index (κ3) is 9.14. The number of hydrogen-bond acceptors (Lipinski definition) is 9. The molecule has 1 unspecified atom stereocenters. The molecule has 0 bridgehead atoms. The highest BCUT2D eigenvalue weighted by molar-refractivity contribution is 6.77. The Morgan fingerprint density at radius 2 is 1.50 bits per heavy atom. The number of nitrogens with zero attached hydrogens (tertiary/aromatic N) is 2. The van der Waals surface area contributed by atoms with Crippen LogP contribution in [0.25, 0.3) is 0 Å². The molecule has 0 aromatic carbocycles. The molecule has 0 spiro atoms. The van der Waals surface area contributed by atoms with Crippen molar-refractivity contribution in [2.45, 2.75) is 89.4 Å². The molecule has 0 rings (SSSR count). The summed E-state index contributed by atoms with van der Waals surface area (Å²) in [5.41, 5.74) is 0.358. The molecule has 0 aliphatic rings. The molecule has 0 aliphatic carbocycles. The van der Waals surface area contributed by atoms with Gasteiger partial charge in [0.15, 0.2) is 0 Å². The predicted molar refractivity (Wildman–Crippen MR) is 145 cm³/mol. The smallest absolute Gasteiger partial charge is 0.369 e. The van der Waals surface area contributed by atoms with Crippen molar-refractivity contribution >= 4 is 20.0 Å². The standard InChI is InChI=1S/C26H46N2O7Si/c1-10-15-28(16-11-2)22(24(31)25(32)23(30)17-29)14-13-21(26(33)34-12-3)27-35-36(18(4)5,19(6)7)20(8)9/h10-11,18-20,22-25,29-32H,1-2,12,15-17H2,3-9H3/b27-21-/t22?,23-,24-,25+/m1/s1. The number of esters is 1. The first-order chi connectivity index (χ1) is 16.8. The summed E-state index contributed by atoms with van der Waals surface area (Å²) in [6.45, 7) is 21.4. The number of carbonyl (C=O) groups is 1. The van der Waals surface area contributed by atoms with E-state index in [1.165, 1.54) is 0 Å². The molecular formula is C26H46N2O7Si. The Morgan fingerprint density at radius 3 is 1.89 bits per heavy atom. The van der Waals surface area contributed by atoms with Crippen LogP contribution in [0.2, 0.25) is 16.6 Å². The van der Waals surface area contributed by atoms with E-state index < -0.39 is 45.2 Å². The average Bonchev–Trinajstić information content (AvgIpc) is 2.81. The molecule has 0 saturated carbocycles. The van der Waals surface area contributed by atoms with Crippen molar-refractivity contribution in [3.63, 3.8) is 0 Å². The molecule has 0 aromatic rings. The van der Waals surface area contributed by atoms with Crippen LogP contribution in [0.5, 0.6) is 0 Å². The Kier molecular flexibility index (Phi) is 15.8. The number of aliphatic hydroxyl groups excluding tert-OH is 4. The molecule has 9 nitrogen and oxygen atoms in total. The van der Waals surface area contributed by atoms with Gasteiger partial charge in [0, 0.05) is 13.1 Å². The first kappa shape index (κ1) is 34.0. The van der Waals surface area contributed by atoms with Gasteiger partial charge in [-0.2, -0.15) is 0 Å². The summed E-state index contributed by atoms with van der Waals surface area (Å²) in [6.07, 6.45) is -1.73. The van der Waals surface area contributed by atoms with Gasteiger partial charge in [-0.1, -0.05) is 64.8 Å². The SMILES string of the molecule is C=CCN(CC=C)C(C#C/C(=N/O[Si](C(C)C)(C(C)C)C(C)C)C(=O)OCC)[C@@H](O)[C@@H](O)[C@H](O)CO. The van der Waals surface area contributed by atoms with E-state index in [0.717, 1.165) is 0 Å². The summed E-state index contributed by atoms with van der Waals surface area (Å²) in [7, 11) is -2.47. The zero-order valence-electron chi connectivity index (χ0n) is 22.8. The first-order valence-corrected chi connectivity index (χ1v) is 14.5. The molecule has 0 amide bonds.